The predicted octanol–water partition coefficient (Wildman–Crippen LogP) is 1.13. The highest BCUT2D eigenvalue weighted by Crippen LogP contribution is 2.33. The number of amides is 1. The van der Waals surface area contributed by atoms with Crippen molar-refractivity contribution in [2.24, 2.45) is 12.8 Å². The van der Waals surface area contributed by atoms with Crippen LogP contribution in [0.3, 0.4) is 0 Å². The summed E-state index contributed by atoms with van der Waals surface area (Å²) in [5.74, 6) is 0.194. The number of hydrogen-bond acceptors (Lipinski definition) is 3. The molecule has 18 heavy (non-hydrogen) atoms. The van der Waals surface area contributed by atoms with E-state index >= 15 is 0 Å². The lowest BCUT2D eigenvalue weighted by Crippen LogP contribution is -2.51. The molecule has 0 bridgehead atoms. The maximum atomic E-state index is 12.1. The Bertz CT molecular complexity index is 452. The first-order valence-corrected chi connectivity index (χ1v) is 6.48. The first-order valence-electron chi connectivity index (χ1n) is 6.48. The molecule has 1 aliphatic heterocycles. The summed E-state index contributed by atoms with van der Waals surface area (Å²) in [7, 11) is 1.91. The number of likely N-dealkylation sites (tertiary alicyclic amines) is 1. The van der Waals surface area contributed by atoms with Crippen LogP contribution in [0.25, 0.3) is 0 Å². The number of carbonyl (C=O) groups excluding carboxylic acids is 1. The topological polar surface area (TPSA) is 64.2 Å². The summed E-state index contributed by atoms with van der Waals surface area (Å²) in [6.45, 7) is 6.09. The molecule has 1 saturated heterocycles. The van der Waals surface area contributed by atoms with Gasteiger partial charge in [0.15, 0.2) is 0 Å². The minimum atomic E-state index is -0.0417. The minimum Gasteiger partial charge on any atom is -0.332 e. The molecule has 0 aromatic carbocycles. The van der Waals surface area contributed by atoms with E-state index in [1.54, 1.807) is 0 Å². The third kappa shape index (κ3) is 2.03. The van der Waals surface area contributed by atoms with Crippen LogP contribution < -0.4 is 5.73 Å². The van der Waals surface area contributed by atoms with Crippen molar-refractivity contribution in [2.75, 3.05) is 0 Å². The highest BCUT2D eigenvalue weighted by atomic mass is 16.2. The molecule has 5 heteroatoms. The average molecular weight is 250 g/mol. The fraction of sp³-hybridized carbons (Fsp3) is 0.692. The van der Waals surface area contributed by atoms with Crippen LogP contribution in [0.15, 0.2) is 6.20 Å². The van der Waals surface area contributed by atoms with Crippen LogP contribution in [0.1, 0.15) is 44.0 Å². The first kappa shape index (κ1) is 13.1. The van der Waals surface area contributed by atoms with Gasteiger partial charge in [-0.2, -0.15) is 5.10 Å². The van der Waals surface area contributed by atoms with E-state index in [1.165, 1.54) is 0 Å². The molecule has 1 amide bonds. The van der Waals surface area contributed by atoms with Gasteiger partial charge in [0.05, 0.1) is 12.2 Å². The minimum absolute atomic E-state index is 0.00648. The van der Waals surface area contributed by atoms with Crippen LogP contribution in [0.4, 0.5) is 0 Å². The second kappa shape index (κ2) is 4.72. The molecule has 1 aromatic rings. The standard InChI is InChI=1S/C13H22N4O/c1-8(2)17-12(18)6-5-11(14)13(17)10-7-15-16(4)9(10)3/h7-8,11,13H,5-6,14H2,1-4H3. The summed E-state index contributed by atoms with van der Waals surface area (Å²) in [6.07, 6.45) is 3.14. The Morgan fingerprint density at radius 1 is 1.50 bits per heavy atom. The Morgan fingerprint density at radius 2 is 2.17 bits per heavy atom. The molecule has 1 fully saturated rings. The SMILES string of the molecule is Cc1c(C2C(N)CCC(=O)N2C(C)C)cnn1C. The molecule has 0 spiro atoms. The van der Waals surface area contributed by atoms with Gasteiger partial charge < -0.3 is 10.6 Å². The van der Waals surface area contributed by atoms with E-state index in [1.807, 2.05) is 43.6 Å². The number of nitrogens with zero attached hydrogens (tertiary/aromatic N) is 3. The lowest BCUT2D eigenvalue weighted by molar-refractivity contribution is -0.139. The van der Waals surface area contributed by atoms with Gasteiger partial charge in [0.2, 0.25) is 5.91 Å². The summed E-state index contributed by atoms with van der Waals surface area (Å²) in [5, 5.41) is 4.27. The molecule has 1 aromatic heterocycles. The number of piperidine rings is 1. The third-order valence-electron chi connectivity index (χ3n) is 3.83. The van der Waals surface area contributed by atoms with Gasteiger partial charge in [0.25, 0.3) is 0 Å². The molecular formula is C13H22N4O. The van der Waals surface area contributed by atoms with Crippen molar-refractivity contribution in [2.45, 2.75) is 51.7 Å². The average Bonchev–Trinajstić information content (AvgIpc) is 2.62. The number of aromatic nitrogens is 2. The van der Waals surface area contributed by atoms with E-state index in [0.29, 0.717) is 6.42 Å². The van der Waals surface area contributed by atoms with Gasteiger partial charge >= 0.3 is 0 Å². The molecule has 0 aliphatic carbocycles. The first-order chi connectivity index (χ1) is 8.43. The van der Waals surface area contributed by atoms with E-state index in [4.69, 9.17) is 5.73 Å². The molecule has 2 atom stereocenters. The van der Waals surface area contributed by atoms with Gasteiger partial charge in [0.1, 0.15) is 0 Å². The van der Waals surface area contributed by atoms with Gasteiger partial charge in [-0.05, 0) is 27.2 Å². The van der Waals surface area contributed by atoms with E-state index in [0.717, 1.165) is 17.7 Å². The normalized spacial score (nSPS) is 25.0. The van der Waals surface area contributed by atoms with Crippen LogP contribution in [0.5, 0.6) is 0 Å². The van der Waals surface area contributed by atoms with Crippen molar-refractivity contribution in [3.8, 4) is 0 Å². The fourth-order valence-corrected chi connectivity index (χ4v) is 2.73. The van der Waals surface area contributed by atoms with Crippen molar-refractivity contribution in [3.63, 3.8) is 0 Å². The van der Waals surface area contributed by atoms with Crippen LogP contribution in [0.2, 0.25) is 0 Å². The third-order valence-corrected chi connectivity index (χ3v) is 3.83. The smallest absolute Gasteiger partial charge is 0.223 e. The molecule has 2 unspecified atom stereocenters. The van der Waals surface area contributed by atoms with Crippen molar-refractivity contribution >= 4 is 5.91 Å². The Hall–Kier alpha value is -1.36. The second-order valence-electron chi connectivity index (χ2n) is 5.35. The number of hydrogen-bond donors (Lipinski definition) is 1. The van der Waals surface area contributed by atoms with Crippen LogP contribution >= 0.6 is 0 Å². The van der Waals surface area contributed by atoms with Crippen molar-refractivity contribution in [1.29, 1.82) is 0 Å². The van der Waals surface area contributed by atoms with Gasteiger partial charge in [-0.3, -0.25) is 9.48 Å². The summed E-state index contributed by atoms with van der Waals surface area (Å²) >= 11 is 0. The zero-order valence-electron chi connectivity index (χ0n) is 11.6. The van der Waals surface area contributed by atoms with Crippen LogP contribution in [0, 0.1) is 6.92 Å². The second-order valence-corrected chi connectivity index (χ2v) is 5.35. The number of aryl methyl sites for hydroxylation is 1. The van der Waals surface area contributed by atoms with Crippen molar-refractivity contribution in [3.05, 3.63) is 17.5 Å². The molecule has 5 nitrogen and oxygen atoms in total. The van der Waals surface area contributed by atoms with Crippen LogP contribution in [-0.2, 0) is 11.8 Å². The van der Waals surface area contributed by atoms with Crippen molar-refractivity contribution in [1.82, 2.24) is 14.7 Å². The zero-order valence-corrected chi connectivity index (χ0v) is 11.6. The van der Waals surface area contributed by atoms with E-state index in [2.05, 4.69) is 5.10 Å². The van der Waals surface area contributed by atoms with Crippen molar-refractivity contribution < 1.29 is 4.79 Å². The molecular weight excluding hydrogens is 228 g/mol. The fourth-order valence-electron chi connectivity index (χ4n) is 2.73. The predicted molar refractivity (Wildman–Crippen MR) is 69.9 cm³/mol. The molecule has 2 rings (SSSR count). The molecule has 0 radical (unpaired) electrons. The largest absolute Gasteiger partial charge is 0.332 e. The molecule has 2 heterocycles. The lowest BCUT2D eigenvalue weighted by atomic mass is 9.90. The quantitative estimate of drug-likeness (QED) is 0.855. The number of carbonyl (C=O) groups is 1. The molecule has 0 saturated carbocycles. The monoisotopic (exact) mass is 250 g/mol. The van der Waals surface area contributed by atoms with Gasteiger partial charge in [-0.25, -0.2) is 0 Å². The maximum absolute atomic E-state index is 12.1. The zero-order chi connectivity index (χ0) is 13.4. The molecule has 2 N–H and O–H groups in total. The summed E-state index contributed by atoms with van der Waals surface area (Å²) < 4.78 is 1.83. The number of rotatable bonds is 2. The van der Waals surface area contributed by atoms with Gasteiger partial charge in [-0.15, -0.1) is 0 Å². The van der Waals surface area contributed by atoms with Gasteiger partial charge in [0, 0.05) is 36.8 Å². The highest BCUT2D eigenvalue weighted by molar-refractivity contribution is 5.78. The van der Waals surface area contributed by atoms with Gasteiger partial charge in [-0.1, -0.05) is 0 Å². The van der Waals surface area contributed by atoms with E-state index < -0.39 is 0 Å². The summed E-state index contributed by atoms with van der Waals surface area (Å²) in [5.41, 5.74) is 8.40. The molecule has 1 aliphatic rings. The Kier molecular flexibility index (Phi) is 3.43. The summed E-state index contributed by atoms with van der Waals surface area (Å²) in [6, 6.07) is 0.112. The lowest BCUT2D eigenvalue weighted by Gasteiger charge is -2.42. The Morgan fingerprint density at radius 3 is 2.67 bits per heavy atom. The highest BCUT2D eigenvalue weighted by Gasteiger charge is 2.37. The Labute approximate surface area is 108 Å². The van der Waals surface area contributed by atoms with E-state index in [-0.39, 0.29) is 24.0 Å². The number of nitrogens with two attached hydrogens (primary N) is 1. The van der Waals surface area contributed by atoms with E-state index in [9.17, 15) is 4.79 Å². The Balaban J connectivity index is 2.43. The summed E-state index contributed by atoms with van der Waals surface area (Å²) in [4.78, 5) is 14.0. The maximum Gasteiger partial charge on any atom is 0.223 e. The molecule has 100 valence electrons. The van der Waals surface area contributed by atoms with Crippen LogP contribution in [-0.4, -0.2) is 32.7 Å².